The fourth-order valence-electron chi connectivity index (χ4n) is 2.79. The summed E-state index contributed by atoms with van der Waals surface area (Å²) in [6.45, 7) is 2.17. The standard InChI is InChI=1S/C18H18N2S/c1-13(15-6-4-5-14(11-15)12-19)20-17-9-10-21-18-8-3-2-7-16(17)18/h2-8,11,13,17,20H,9-10H2,1H3. The number of hydrogen-bond donors (Lipinski definition) is 1. The van der Waals surface area contributed by atoms with Gasteiger partial charge in [-0.2, -0.15) is 5.26 Å². The first kappa shape index (κ1) is 14.2. The molecule has 2 aromatic rings. The second kappa shape index (κ2) is 6.34. The summed E-state index contributed by atoms with van der Waals surface area (Å²) in [6.07, 6.45) is 1.14. The summed E-state index contributed by atoms with van der Waals surface area (Å²) >= 11 is 1.94. The molecular formula is C18H18N2S. The minimum atomic E-state index is 0.236. The predicted octanol–water partition coefficient (Wildman–Crippen LogP) is 4.45. The van der Waals surface area contributed by atoms with E-state index in [-0.39, 0.29) is 6.04 Å². The van der Waals surface area contributed by atoms with Gasteiger partial charge in [0.2, 0.25) is 0 Å². The van der Waals surface area contributed by atoms with Gasteiger partial charge in [0.25, 0.3) is 0 Å². The summed E-state index contributed by atoms with van der Waals surface area (Å²) in [6, 6.07) is 19.3. The van der Waals surface area contributed by atoms with E-state index in [1.165, 1.54) is 16.0 Å². The van der Waals surface area contributed by atoms with Crippen LogP contribution in [0.25, 0.3) is 0 Å². The van der Waals surface area contributed by atoms with Gasteiger partial charge in [-0.1, -0.05) is 30.3 Å². The SMILES string of the molecule is CC(NC1CCSc2ccccc21)c1cccc(C#N)c1. The lowest BCUT2D eigenvalue weighted by molar-refractivity contribution is 0.450. The Bertz CT molecular complexity index is 675. The Morgan fingerprint density at radius 3 is 2.95 bits per heavy atom. The Morgan fingerprint density at radius 2 is 2.10 bits per heavy atom. The molecule has 106 valence electrons. The van der Waals surface area contributed by atoms with E-state index in [2.05, 4.69) is 48.6 Å². The average Bonchev–Trinajstić information content (AvgIpc) is 2.55. The largest absolute Gasteiger partial charge is 0.303 e. The minimum Gasteiger partial charge on any atom is -0.303 e. The molecule has 2 atom stereocenters. The number of fused-ring (bicyclic) bond motifs is 1. The fourth-order valence-corrected chi connectivity index (χ4v) is 3.92. The lowest BCUT2D eigenvalue weighted by Gasteiger charge is -2.29. The highest BCUT2D eigenvalue weighted by Crippen LogP contribution is 2.37. The zero-order valence-electron chi connectivity index (χ0n) is 12.0. The van der Waals surface area contributed by atoms with Crippen LogP contribution in [-0.2, 0) is 0 Å². The third-order valence-electron chi connectivity index (χ3n) is 3.93. The number of thioether (sulfide) groups is 1. The van der Waals surface area contributed by atoms with Gasteiger partial charge in [-0.25, -0.2) is 0 Å². The molecule has 1 aliphatic rings. The number of hydrogen-bond acceptors (Lipinski definition) is 3. The maximum Gasteiger partial charge on any atom is 0.0991 e. The highest BCUT2D eigenvalue weighted by molar-refractivity contribution is 7.99. The van der Waals surface area contributed by atoms with Gasteiger partial charge in [0.05, 0.1) is 11.6 Å². The van der Waals surface area contributed by atoms with E-state index in [1.54, 1.807) is 0 Å². The van der Waals surface area contributed by atoms with Crippen molar-refractivity contribution in [2.24, 2.45) is 0 Å². The summed E-state index contributed by atoms with van der Waals surface area (Å²) in [4.78, 5) is 1.39. The van der Waals surface area contributed by atoms with Crippen molar-refractivity contribution in [2.45, 2.75) is 30.3 Å². The van der Waals surface area contributed by atoms with Crippen molar-refractivity contribution in [1.29, 1.82) is 5.26 Å². The summed E-state index contributed by atoms with van der Waals surface area (Å²) in [5.74, 6) is 1.15. The van der Waals surface area contributed by atoms with Crippen LogP contribution in [0.4, 0.5) is 0 Å². The van der Waals surface area contributed by atoms with Gasteiger partial charge in [-0.15, -0.1) is 11.8 Å². The van der Waals surface area contributed by atoms with Crippen LogP contribution < -0.4 is 5.32 Å². The summed E-state index contributed by atoms with van der Waals surface area (Å²) in [5.41, 5.74) is 3.29. The molecule has 0 radical (unpaired) electrons. The molecule has 21 heavy (non-hydrogen) atoms. The summed E-state index contributed by atoms with van der Waals surface area (Å²) < 4.78 is 0. The van der Waals surface area contributed by atoms with Crippen LogP contribution in [0.3, 0.4) is 0 Å². The van der Waals surface area contributed by atoms with E-state index >= 15 is 0 Å². The van der Waals surface area contributed by atoms with Crippen LogP contribution in [0.15, 0.2) is 53.4 Å². The topological polar surface area (TPSA) is 35.8 Å². The molecule has 3 heteroatoms. The van der Waals surface area contributed by atoms with Crippen molar-refractivity contribution in [3.8, 4) is 6.07 Å². The molecule has 2 aromatic carbocycles. The second-order valence-corrected chi connectivity index (χ2v) is 6.49. The molecule has 3 rings (SSSR count). The zero-order valence-corrected chi connectivity index (χ0v) is 12.9. The quantitative estimate of drug-likeness (QED) is 0.908. The molecule has 1 aliphatic heterocycles. The first-order valence-electron chi connectivity index (χ1n) is 7.26. The Labute approximate surface area is 130 Å². The van der Waals surface area contributed by atoms with Gasteiger partial charge in [0.1, 0.15) is 0 Å². The predicted molar refractivity (Wildman–Crippen MR) is 87.2 cm³/mol. The van der Waals surface area contributed by atoms with Gasteiger partial charge in [0.15, 0.2) is 0 Å². The Hall–Kier alpha value is -1.76. The minimum absolute atomic E-state index is 0.236. The Morgan fingerprint density at radius 1 is 1.24 bits per heavy atom. The van der Waals surface area contributed by atoms with Crippen molar-refractivity contribution < 1.29 is 0 Å². The summed E-state index contributed by atoms with van der Waals surface area (Å²) in [7, 11) is 0. The van der Waals surface area contributed by atoms with Gasteiger partial charge in [-0.3, -0.25) is 0 Å². The van der Waals surface area contributed by atoms with Gasteiger partial charge >= 0.3 is 0 Å². The van der Waals surface area contributed by atoms with E-state index in [9.17, 15) is 0 Å². The van der Waals surface area contributed by atoms with Crippen LogP contribution >= 0.6 is 11.8 Å². The van der Waals surface area contributed by atoms with Crippen LogP contribution in [-0.4, -0.2) is 5.75 Å². The zero-order chi connectivity index (χ0) is 14.7. The van der Waals surface area contributed by atoms with Crippen LogP contribution in [0.2, 0.25) is 0 Å². The smallest absolute Gasteiger partial charge is 0.0991 e. The fraction of sp³-hybridized carbons (Fsp3) is 0.278. The Balaban J connectivity index is 1.79. The third-order valence-corrected chi connectivity index (χ3v) is 5.05. The molecule has 1 heterocycles. The van der Waals surface area contributed by atoms with Crippen LogP contribution in [0.5, 0.6) is 0 Å². The van der Waals surface area contributed by atoms with Crippen molar-refractivity contribution in [3.63, 3.8) is 0 Å². The normalized spacial score (nSPS) is 18.6. The third kappa shape index (κ3) is 3.12. The first-order chi connectivity index (χ1) is 10.3. The number of nitriles is 1. The van der Waals surface area contributed by atoms with Crippen molar-refractivity contribution >= 4 is 11.8 Å². The van der Waals surface area contributed by atoms with Gasteiger partial charge < -0.3 is 5.32 Å². The summed E-state index contributed by atoms with van der Waals surface area (Å²) in [5, 5.41) is 12.7. The molecule has 1 N–H and O–H groups in total. The number of nitrogens with zero attached hydrogens (tertiary/aromatic N) is 1. The molecule has 0 saturated heterocycles. The van der Waals surface area contributed by atoms with E-state index in [0.29, 0.717) is 6.04 Å². The lowest BCUT2D eigenvalue weighted by Crippen LogP contribution is -2.27. The molecule has 0 fully saturated rings. The van der Waals surface area contributed by atoms with E-state index < -0.39 is 0 Å². The highest BCUT2D eigenvalue weighted by Gasteiger charge is 2.21. The van der Waals surface area contributed by atoms with Crippen molar-refractivity contribution in [2.75, 3.05) is 5.75 Å². The molecule has 0 amide bonds. The number of benzene rings is 2. The number of rotatable bonds is 3. The molecular weight excluding hydrogens is 276 g/mol. The highest BCUT2D eigenvalue weighted by atomic mass is 32.2. The average molecular weight is 294 g/mol. The second-order valence-electron chi connectivity index (χ2n) is 5.35. The molecule has 0 aliphatic carbocycles. The molecule has 0 spiro atoms. The molecule has 0 bridgehead atoms. The molecule has 0 saturated carbocycles. The van der Waals surface area contributed by atoms with E-state index in [0.717, 1.165) is 17.7 Å². The maximum atomic E-state index is 9.02. The number of nitrogens with one attached hydrogen (secondary N) is 1. The molecule has 2 unspecified atom stereocenters. The lowest BCUT2D eigenvalue weighted by atomic mass is 10.00. The first-order valence-corrected chi connectivity index (χ1v) is 8.24. The van der Waals surface area contributed by atoms with Gasteiger partial charge in [0, 0.05) is 17.0 Å². The maximum absolute atomic E-state index is 9.02. The van der Waals surface area contributed by atoms with Crippen molar-refractivity contribution in [1.82, 2.24) is 5.32 Å². The van der Waals surface area contributed by atoms with Gasteiger partial charge in [-0.05, 0) is 48.4 Å². The van der Waals surface area contributed by atoms with Crippen molar-refractivity contribution in [3.05, 3.63) is 65.2 Å². The van der Waals surface area contributed by atoms with E-state index in [1.807, 2.05) is 30.0 Å². The van der Waals surface area contributed by atoms with Crippen LogP contribution in [0.1, 0.15) is 42.1 Å². The van der Waals surface area contributed by atoms with Crippen LogP contribution in [0, 0.1) is 11.3 Å². The monoisotopic (exact) mass is 294 g/mol. The Kier molecular flexibility index (Phi) is 4.28. The molecule has 0 aromatic heterocycles. The molecule has 2 nitrogen and oxygen atoms in total. The van der Waals surface area contributed by atoms with E-state index in [4.69, 9.17) is 5.26 Å².